The van der Waals surface area contributed by atoms with Gasteiger partial charge in [-0.2, -0.15) is 0 Å². The van der Waals surface area contributed by atoms with Crippen molar-refractivity contribution in [1.29, 1.82) is 0 Å². The number of rotatable bonds is 4. The van der Waals surface area contributed by atoms with Gasteiger partial charge in [0.1, 0.15) is 0 Å². The molecule has 2 fully saturated rings. The largest absolute Gasteiger partial charge is 0.391 e. The van der Waals surface area contributed by atoms with Gasteiger partial charge in [0.15, 0.2) is 0 Å². The van der Waals surface area contributed by atoms with Gasteiger partial charge in [-0.05, 0) is 31.2 Å². The van der Waals surface area contributed by atoms with Crippen molar-refractivity contribution in [2.45, 2.75) is 50.7 Å². The van der Waals surface area contributed by atoms with E-state index >= 15 is 0 Å². The standard InChI is InChI=1S/C19H28N2O2/c1-2-16(15-7-4-3-5-8-15)19(23)21-13-11-20(12-14-21)17-9-6-10-18(17)22/h3-5,7-8,16-18,22H,2,6,9-14H2,1H3/t16-,17+,18+/m0/s1. The lowest BCUT2D eigenvalue weighted by Gasteiger charge is -2.40. The van der Waals surface area contributed by atoms with Crippen molar-refractivity contribution in [2.75, 3.05) is 26.2 Å². The third kappa shape index (κ3) is 3.59. The van der Waals surface area contributed by atoms with Crippen LogP contribution in [0.1, 0.15) is 44.1 Å². The summed E-state index contributed by atoms with van der Waals surface area (Å²) in [5.41, 5.74) is 1.12. The van der Waals surface area contributed by atoms with Crippen LogP contribution in [0.5, 0.6) is 0 Å². The van der Waals surface area contributed by atoms with Gasteiger partial charge in [0.05, 0.1) is 12.0 Å². The monoisotopic (exact) mass is 316 g/mol. The molecule has 1 saturated carbocycles. The summed E-state index contributed by atoms with van der Waals surface area (Å²) in [6.45, 7) is 5.43. The Kier molecular flexibility index (Phi) is 5.34. The predicted molar refractivity (Wildman–Crippen MR) is 91.3 cm³/mol. The molecule has 1 aliphatic heterocycles. The topological polar surface area (TPSA) is 43.8 Å². The Morgan fingerprint density at radius 3 is 2.43 bits per heavy atom. The van der Waals surface area contributed by atoms with E-state index in [1.165, 1.54) is 0 Å². The molecule has 3 atom stereocenters. The summed E-state index contributed by atoms with van der Waals surface area (Å²) >= 11 is 0. The van der Waals surface area contributed by atoms with Crippen LogP contribution >= 0.6 is 0 Å². The second-order valence-corrected chi connectivity index (χ2v) is 6.80. The third-order valence-corrected chi connectivity index (χ3v) is 5.45. The minimum atomic E-state index is -0.176. The summed E-state index contributed by atoms with van der Waals surface area (Å²) in [5, 5.41) is 10.1. The molecule has 0 radical (unpaired) electrons. The Balaban J connectivity index is 1.59. The van der Waals surface area contributed by atoms with Crippen LogP contribution in [0.2, 0.25) is 0 Å². The molecule has 1 aromatic carbocycles. The fourth-order valence-electron chi connectivity index (χ4n) is 4.08. The molecule has 1 amide bonds. The quantitative estimate of drug-likeness (QED) is 0.926. The van der Waals surface area contributed by atoms with E-state index in [-0.39, 0.29) is 17.9 Å². The number of benzene rings is 1. The SMILES string of the molecule is CC[C@H](C(=O)N1CCN([C@@H]2CCC[C@H]2O)CC1)c1ccccc1. The van der Waals surface area contributed by atoms with E-state index < -0.39 is 0 Å². The van der Waals surface area contributed by atoms with Gasteiger partial charge in [-0.15, -0.1) is 0 Å². The van der Waals surface area contributed by atoms with Crippen molar-refractivity contribution in [2.24, 2.45) is 0 Å². The number of aliphatic hydroxyl groups is 1. The van der Waals surface area contributed by atoms with Gasteiger partial charge in [-0.3, -0.25) is 9.69 Å². The fraction of sp³-hybridized carbons (Fsp3) is 0.632. The average molecular weight is 316 g/mol. The van der Waals surface area contributed by atoms with E-state index in [4.69, 9.17) is 0 Å². The zero-order chi connectivity index (χ0) is 16.2. The van der Waals surface area contributed by atoms with Crippen molar-refractivity contribution in [3.05, 3.63) is 35.9 Å². The zero-order valence-corrected chi connectivity index (χ0v) is 14.0. The van der Waals surface area contributed by atoms with Crippen molar-refractivity contribution in [3.8, 4) is 0 Å². The molecule has 3 rings (SSSR count). The lowest BCUT2D eigenvalue weighted by Crippen LogP contribution is -2.54. The molecule has 0 bridgehead atoms. The van der Waals surface area contributed by atoms with E-state index in [1.54, 1.807) is 0 Å². The highest BCUT2D eigenvalue weighted by molar-refractivity contribution is 5.83. The van der Waals surface area contributed by atoms with E-state index in [1.807, 2.05) is 23.1 Å². The Morgan fingerprint density at radius 1 is 1.17 bits per heavy atom. The van der Waals surface area contributed by atoms with Gasteiger partial charge in [0, 0.05) is 32.2 Å². The van der Waals surface area contributed by atoms with E-state index in [0.29, 0.717) is 6.04 Å². The molecule has 0 unspecified atom stereocenters. The molecule has 4 heteroatoms. The Labute approximate surface area is 139 Å². The van der Waals surface area contributed by atoms with Gasteiger partial charge >= 0.3 is 0 Å². The zero-order valence-electron chi connectivity index (χ0n) is 14.0. The lowest BCUT2D eigenvalue weighted by molar-refractivity contribution is -0.135. The van der Waals surface area contributed by atoms with Crippen LogP contribution in [0.3, 0.4) is 0 Å². The van der Waals surface area contributed by atoms with Crippen molar-refractivity contribution in [3.63, 3.8) is 0 Å². The molecule has 1 saturated heterocycles. The summed E-state index contributed by atoms with van der Waals surface area (Å²) in [7, 11) is 0. The molecule has 0 spiro atoms. The van der Waals surface area contributed by atoms with Crippen LogP contribution in [0.25, 0.3) is 0 Å². The molecule has 1 N–H and O–H groups in total. The number of carbonyl (C=O) groups is 1. The maximum atomic E-state index is 12.9. The van der Waals surface area contributed by atoms with E-state index in [0.717, 1.165) is 57.4 Å². The first kappa shape index (κ1) is 16.5. The van der Waals surface area contributed by atoms with Crippen LogP contribution in [-0.4, -0.2) is 59.1 Å². The normalized spacial score (nSPS) is 27.1. The summed E-state index contributed by atoms with van der Waals surface area (Å²) in [6, 6.07) is 10.4. The second-order valence-electron chi connectivity index (χ2n) is 6.80. The van der Waals surface area contributed by atoms with Crippen LogP contribution in [0.4, 0.5) is 0 Å². The average Bonchev–Trinajstić information content (AvgIpc) is 3.02. The molecule has 23 heavy (non-hydrogen) atoms. The molecule has 1 heterocycles. The van der Waals surface area contributed by atoms with Gasteiger partial charge in [0.25, 0.3) is 0 Å². The number of aliphatic hydroxyl groups excluding tert-OH is 1. The first-order valence-corrected chi connectivity index (χ1v) is 8.96. The number of amides is 1. The molecule has 1 aliphatic carbocycles. The third-order valence-electron chi connectivity index (χ3n) is 5.45. The second kappa shape index (κ2) is 7.45. The van der Waals surface area contributed by atoms with Gasteiger partial charge in [-0.1, -0.05) is 37.3 Å². The number of hydrogen-bond donors (Lipinski definition) is 1. The molecule has 0 aromatic heterocycles. The van der Waals surface area contributed by atoms with Crippen molar-refractivity contribution >= 4 is 5.91 Å². The first-order chi connectivity index (χ1) is 11.2. The number of hydrogen-bond acceptors (Lipinski definition) is 3. The molecule has 1 aromatic rings. The van der Waals surface area contributed by atoms with Gasteiger partial charge in [0.2, 0.25) is 5.91 Å². The van der Waals surface area contributed by atoms with Crippen LogP contribution in [0, 0.1) is 0 Å². The van der Waals surface area contributed by atoms with E-state index in [9.17, 15) is 9.90 Å². The summed E-state index contributed by atoms with van der Waals surface area (Å²) in [6.07, 6.45) is 3.80. The minimum absolute atomic E-state index is 0.0279. The lowest BCUT2D eigenvalue weighted by atomic mass is 9.94. The Morgan fingerprint density at radius 2 is 1.87 bits per heavy atom. The Bertz CT molecular complexity index is 511. The minimum Gasteiger partial charge on any atom is -0.391 e. The van der Waals surface area contributed by atoms with Crippen LogP contribution in [0.15, 0.2) is 30.3 Å². The fourth-order valence-corrected chi connectivity index (χ4v) is 4.08. The number of carbonyl (C=O) groups excluding carboxylic acids is 1. The molecule has 4 nitrogen and oxygen atoms in total. The maximum Gasteiger partial charge on any atom is 0.230 e. The maximum absolute atomic E-state index is 12.9. The molecule has 126 valence electrons. The molecule has 2 aliphatic rings. The van der Waals surface area contributed by atoms with Crippen molar-refractivity contribution < 1.29 is 9.90 Å². The Hall–Kier alpha value is -1.39. The molecular formula is C19H28N2O2. The highest BCUT2D eigenvalue weighted by Gasteiger charge is 2.34. The predicted octanol–water partition coefficient (Wildman–Crippen LogP) is 2.24. The van der Waals surface area contributed by atoms with Crippen LogP contribution in [-0.2, 0) is 4.79 Å². The van der Waals surface area contributed by atoms with E-state index in [2.05, 4.69) is 24.0 Å². The molecular weight excluding hydrogens is 288 g/mol. The summed E-state index contributed by atoms with van der Waals surface area (Å²) < 4.78 is 0. The summed E-state index contributed by atoms with van der Waals surface area (Å²) in [4.78, 5) is 17.3. The first-order valence-electron chi connectivity index (χ1n) is 8.96. The van der Waals surface area contributed by atoms with Crippen LogP contribution < -0.4 is 0 Å². The highest BCUT2D eigenvalue weighted by Crippen LogP contribution is 2.27. The van der Waals surface area contributed by atoms with Crippen molar-refractivity contribution in [1.82, 2.24) is 9.80 Å². The summed E-state index contributed by atoms with van der Waals surface area (Å²) in [5.74, 6) is 0.227. The smallest absolute Gasteiger partial charge is 0.230 e. The number of piperazine rings is 1. The highest BCUT2D eigenvalue weighted by atomic mass is 16.3. The number of nitrogens with zero attached hydrogens (tertiary/aromatic N) is 2. The van der Waals surface area contributed by atoms with Gasteiger partial charge < -0.3 is 10.0 Å². The van der Waals surface area contributed by atoms with Gasteiger partial charge in [-0.25, -0.2) is 0 Å².